The van der Waals surface area contributed by atoms with Crippen molar-refractivity contribution in [3.63, 3.8) is 0 Å². The van der Waals surface area contributed by atoms with Gasteiger partial charge in [0.25, 0.3) is 0 Å². The summed E-state index contributed by atoms with van der Waals surface area (Å²) in [6.45, 7) is 4.61. The standard InChI is InChI=1S/C27H41N4O9P/c1-4-5-6-7-8-12-17-37-24(33)19(2)30-41(36,40-20-13-10-9-11-14-20)38-18-21-23(32)27(3,35)25(39-21)31-16-15-22(28)29-26(31)34/h9-11,13-16,19,21,23,25,32,35H,4-8,12,17-18H2,1-3H3,(H,30,36)(H2,28,29,34)/t19-,21+,23+,25+,27+,41?/m0/s1. The van der Waals surface area contributed by atoms with E-state index in [2.05, 4.69) is 17.0 Å². The second-order valence-electron chi connectivity index (χ2n) is 10.2. The van der Waals surface area contributed by atoms with E-state index >= 15 is 0 Å². The first-order valence-electron chi connectivity index (χ1n) is 13.8. The molecule has 1 saturated heterocycles. The van der Waals surface area contributed by atoms with Crippen LogP contribution < -0.4 is 21.0 Å². The zero-order valence-corrected chi connectivity index (χ0v) is 24.6. The van der Waals surface area contributed by atoms with Gasteiger partial charge < -0.3 is 29.9 Å². The molecule has 14 heteroatoms. The van der Waals surface area contributed by atoms with Crippen LogP contribution in [0.2, 0.25) is 0 Å². The van der Waals surface area contributed by atoms with Crippen molar-refractivity contribution in [2.24, 2.45) is 0 Å². The maximum atomic E-state index is 13.8. The summed E-state index contributed by atoms with van der Waals surface area (Å²) in [5.41, 5.74) is 2.80. The van der Waals surface area contributed by atoms with E-state index < -0.39 is 56.1 Å². The number of nitrogen functional groups attached to an aromatic ring is 1. The summed E-state index contributed by atoms with van der Waals surface area (Å²) in [5.74, 6) is -0.448. The van der Waals surface area contributed by atoms with Gasteiger partial charge in [-0.15, -0.1) is 0 Å². The van der Waals surface area contributed by atoms with Gasteiger partial charge in [-0.2, -0.15) is 10.1 Å². The summed E-state index contributed by atoms with van der Waals surface area (Å²) in [6, 6.07) is 8.48. The topological polar surface area (TPSA) is 184 Å². The molecule has 3 rings (SSSR count). The summed E-state index contributed by atoms with van der Waals surface area (Å²) >= 11 is 0. The van der Waals surface area contributed by atoms with Gasteiger partial charge in [0.2, 0.25) is 0 Å². The number of benzene rings is 1. The number of rotatable bonds is 16. The van der Waals surface area contributed by atoms with Gasteiger partial charge in [-0.3, -0.25) is 13.9 Å². The second-order valence-corrected chi connectivity index (χ2v) is 11.9. The molecule has 0 amide bonds. The van der Waals surface area contributed by atoms with E-state index in [0.29, 0.717) is 0 Å². The molecule has 41 heavy (non-hydrogen) atoms. The molecule has 0 radical (unpaired) electrons. The molecule has 0 aliphatic carbocycles. The molecule has 1 unspecified atom stereocenters. The molecule has 0 bridgehead atoms. The van der Waals surface area contributed by atoms with E-state index in [1.54, 1.807) is 30.3 Å². The maximum absolute atomic E-state index is 13.8. The Morgan fingerprint density at radius 2 is 1.90 bits per heavy atom. The zero-order valence-electron chi connectivity index (χ0n) is 23.7. The number of hydrogen-bond acceptors (Lipinski definition) is 11. The predicted octanol–water partition coefficient (Wildman–Crippen LogP) is 2.92. The first kappa shape index (κ1) is 32.7. The van der Waals surface area contributed by atoms with Gasteiger partial charge in [-0.1, -0.05) is 57.2 Å². The number of ether oxygens (including phenoxy) is 2. The molecule has 1 fully saturated rings. The van der Waals surface area contributed by atoms with Crippen LogP contribution in [0.15, 0.2) is 47.4 Å². The highest BCUT2D eigenvalue weighted by Gasteiger charge is 2.54. The molecule has 2 heterocycles. The minimum absolute atomic E-state index is 0.0194. The Balaban J connectivity index is 1.66. The van der Waals surface area contributed by atoms with Crippen molar-refractivity contribution in [3.05, 3.63) is 53.1 Å². The molecule has 0 spiro atoms. The Morgan fingerprint density at radius 1 is 1.22 bits per heavy atom. The number of nitrogens with zero attached hydrogens (tertiary/aromatic N) is 2. The fraction of sp³-hybridized carbons (Fsp3) is 0.593. The van der Waals surface area contributed by atoms with Gasteiger partial charge >= 0.3 is 19.4 Å². The molecule has 2 aromatic rings. The average Bonchev–Trinajstić information content (AvgIpc) is 3.15. The SMILES string of the molecule is CCCCCCCCOC(=O)[C@H](C)NP(=O)(OC[C@H]1O[C@@H](n2ccc(N)nc2=O)[C@](C)(O)[C@@H]1O)Oc1ccccc1. The van der Waals surface area contributed by atoms with Crippen LogP contribution in [-0.2, 0) is 23.4 Å². The summed E-state index contributed by atoms with van der Waals surface area (Å²) in [4.78, 5) is 28.6. The third kappa shape index (κ3) is 9.09. The molecule has 6 atom stereocenters. The van der Waals surface area contributed by atoms with E-state index in [-0.39, 0.29) is 18.2 Å². The molecule has 0 saturated carbocycles. The normalized spacial score (nSPS) is 24.5. The van der Waals surface area contributed by atoms with Crippen molar-refractivity contribution in [3.8, 4) is 5.75 Å². The highest BCUT2D eigenvalue weighted by Crippen LogP contribution is 2.46. The minimum Gasteiger partial charge on any atom is -0.465 e. The number of aromatic nitrogens is 2. The first-order chi connectivity index (χ1) is 19.5. The summed E-state index contributed by atoms with van der Waals surface area (Å²) < 4.78 is 37.1. The van der Waals surface area contributed by atoms with Gasteiger partial charge in [0.05, 0.1) is 13.2 Å². The van der Waals surface area contributed by atoms with Crippen LogP contribution in [0.1, 0.15) is 65.5 Å². The first-order valence-corrected chi connectivity index (χ1v) is 15.4. The van der Waals surface area contributed by atoms with Gasteiger partial charge in [0.1, 0.15) is 35.4 Å². The van der Waals surface area contributed by atoms with Crippen molar-refractivity contribution in [1.82, 2.24) is 14.6 Å². The van der Waals surface area contributed by atoms with Crippen LogP contribution in [0.25, 0.3) is 0 Å². The number of nitrogens with two attached hydrogens (primary N) is 1. The lowest BCUT2D eigenvalue weighted by Crippen LogP contribution is -2.46. The lowest BCUT2D eigenvalue weighted by molar-refractivity contribution is -0.145. The Labute approximate surface area is 239 Å². The molecule has 1 aromatic heterocycles. The van der Waals surface area contributed by atoms with Crippen molar-refractivity contribution in [1.29, 1.82) is 0 Å². The zero-order chi connectivity index (χ0) is 30.0. The van der Waals surface area contributed by atoms with Gasteiger partial charge in [0, 0.05) is 6.20 Å². The number of para-hydroxylation sites is 1. The van der Waals surface area contributed by atoms with Crippen molar-refractivity contribution < 1.29 is 38.1 Å². The molecule has 228 valence electrons. The van der Waals surface area contributed by atoms with Crippen LogP contribution in [-0.4, -0.2) is 62.8 Å². The van der Waals surface area contributed by atoms with Crippen LogP contribution in [0.3, 0.4) is 0 Å². The Bertz CT molecular complexity index is 1230. The molecule has 1 aliphatic heterocycles. The second kappa shape index (κ2) is 14.9. The molecule has 13 nitrogen and oxygen atoms in total. The lowest BCUT2D eigenvalue weighted by Gasteiger charge is -2.27. The van der Waals surface area contributed by atoms with Crippen LogP contribution in [0, 0.1) is 0 Å². The number of unbranched alkanes of at least 4 members (excludes halogenated alkanes) is 5. The third-order valence-corrected chi connectivity index (χ3v) is 8.33. The molecular formula is C27H41N4O9P. The van der Waals surface area contributed by atoms with Gasteiger partial charge in [-0.05, 0) is 38.5 Å². The molecular weight excluding hydrogens is 555 g/mol. The maximum Gasteiger partial charge on any atom is 0.459 e. The van der Waals surface area contributed by atoms with Crippen molar-refractivity contribution in [2.75, 3.05) is 18.9 Å². The minimum atomic E-state index is -4.26. The Hall–Kier alpha value is -2.80. The van der Waals surface area contributed by atoms with E-state index in [1.807, 2.05) is 0 Å². The molecule has 1 aliphatic rings. The molecule has 1 aromatic carbocycles. The number of nitrogens with one attached hydrogen (secondary N) is 1. The van der Waals surface area contributed by atoms with Crippen molar-refractivity contribution >= 4 is 19.5 Å². The fourth-order valence-electron chi connectivity index (χ4n) is 4.33. The summed E-state index contributed by atoms with van der Waals surface area (Å²) in [5, 5.41) is 24.3. The lowest BCUT2D eigenvalue weighted by atomic mass is 9.96. The average molecular weight is 597 g/mol. The number of carbonyl (C=O) groups excluding carboxylic acids is 1. The van der Waals surface area contributed by atoms with Crippen molar-refractivity contribution in [2.45, 2.75) is 89.4 Å². The van der Waals surface area contributed by atoms with Gasteiger partial charge in [-0.25, -0.2) is 9.36 Å². The van der Waals surface area contributed by atoms with Crippen LogP contribution >= 0.6 is 7.75 Å². The Morgan fingerprint density at radius 3 is 2.59 bits per heavy atom. The van der Waals surface area contributed by atoms with Crippen LogP contribution in [0.4, 0.5) is 5.82 Å². The number of esters is 1. The fourth-order valence-corrected chi connectivity index (χ4v) is 5.84. The van der Waals surface area contributed by atoms with E-state index in [1.165, 1.54) is 32.5 Å². The quantitative estimate of drug-likeness (QED) is 0.126. The van der Waals surface area contributed by atoms with Crippen LogP contribution in [0.5, 0.6) is 5.75 Å². The largest absolute Gasteiger partial charge is 0.465 e. The number of aliphatic hydroxyl groups excluding tert-OH is 1. The Kier molecular flexibility index (Phi) is 11.9. The van der Waals surface area contributed by atoms with E-state index in [4.69, 9.17) is 24.3 Å². The van der Waals surface area contributed by atoms with E-state index in [9.17, 15) is 24.4 Å². The van der Waals surface area contributed by atoms with Gasteiger partial charge in [0.15, 0.2) is 6.23 Å². The third-order valence-electron chi connectivity index (χ3n) is 6.68. The number of anilines is 1. The van der Waals surface area contributed by atoms with E-state index in [0.717, 1.165) is 36.7 Å². The highest BCUT2D eigenvalue weighted by molar-refractivity contribution is 7.52. The number of aliphatic hydroxyl groups is 2. The number of hydrogen-bond donors (Lipinski definition) is 4. The number of carbonyl (C=O) groups is 1. The summed E-state index contributed by atoms with van der Waals surface area (Å²) in [7, 11) is -4.26. The monoisotopic (exact) mass is 596 g/mol. The molecule has 5 N–H and O–H groups in total. The highest BCUT2D eigenvalue weighted by atomic mass is 31.2. The smallest absolute Gasteiger partial charge is 0.459 e. The predicted molar refractivity (Wildman–Crippen MR) is 151 cm³/mol. The summed E-state index contributed by atoms with van der Waals surface area (Å²) in [6.07, 6.45) is 3.36.